The van der Waals surface area contributed by atoms with Gasteiger partial charge < -0.3 is 10.4 Å². The van der Waals surface area contributed by atoms with E-state index in [9.17, 15) is 15.2 Å². The lowest BCUT2D eigenvalue weighted by Gasteiger charge is -2.20. The van der Waals surface area contributed by atoms with Crippen molar-refractivity contribution in [3.05, 3.63) is 39.9 Å². The third-order valence-electron chi connectivity index (χ3n) is 3.40. The van der Waals surface area contributed by atoms with Crippen molar-refractivity contribution >= 4 is 5.69 Å². The van der Waals surface area contributed by atoms with Crippen LogP contribution < -0.4 is 5.32 Å². The average Bonchev–Trinajstić information content (AvgIpc) is 2.40. The summed E-state index contributed by atoms with van der Waals surface area (Å²) in [5.41, 5.74) is 0.950. The Bertz CT molecular complexity index is 405. The molecular weight excluding hydrogens is 244 g/mol. The zero-order chi connectivity index (χ0) is 14.3. The third-order valence-corrected chi connectivity index (χ3v) is 3.40. The summed E-state index contributed by atoms with van der Waals surface area (Å²) in [7, 11) is 0. The second-order valence-electron chi connectivity index (χ2n) is 4.70. The van der Waals surface area contributed by atoms with Crippen LogP contribution in [0.4, 0.5) is 5.69 Å². The van der Waals surface area contributed by atoms with E-state index >= 15 is 0 Å². The molecule has 19 heavy (non-hydrogen) atoms. The number of nitrogens with zero attached hydrogens (tertiary/aromatic N) is 1. The Balaban J connectivity index is 2.45. The van der Waals surface area contributed by atoms with E-state index in [4.69, 9.17) is 0 Å². The normalized spacial score (nSPS) is 12.6. The van der Waals surface area contributed by atoms with Gasteiger partial charge in [0.15, 0.2) is 0 Å². The molecule has 0 radical (unpaired) electrons. The van der Waals surface area contributed by atoms with Crippen LogP contribution in [-0.2, 0) is 6.54 Å². The zero-order valence-corrected chi connectivity index (χ0v) is 11.5. The first-order valence-corrected chi connectivity index (χ1v) is 6.70. The number of rotatable bonds is 8. The molecular formula is C14H22N2O3. The standard InChI is InChI=1S/C14H22N2O3/c1-3-12(4-2)14(17)10-15-9-11-6-5-7-13(8-11)16(18)19/h5-8,12,14-15,17H,3-4,9-10H2,1-2H3. The molecule has 1 aromatic carbocycles. The molecule has 0 heterocycles. The Kier molecular flexibility index (Phi) is 6.45. The number of nitro benzene ring substituents is 1. The number of non-ortho nitro benzene ring substituents is 1. The van der Waals surface area contributed by atoms with Crippen molar-refractivity contribution in [1.82, 2.24) is 5.32 Å². The van der Waals surface area contributed by atoms with E-state index in [2.05, 4.69) is 19.2 Å². The van der Waals surface area contributed by atoms with Crippen molar-refractivity contribution < 1.29 is 10.0 Å². The first-order chi connectivity index (χ1) is 9.08. The maximum atomic E-state index is 10.6. The largest absolute Gasteiger partial charge is 0.392 e. The summed E-state index contributed by atoms with van der Waals surface area (Å²) in [5.74, 6) is 0.303. The number of nitro groups is 1. The molecule has 0 amide bonds. The van der Waals surface area contributed by atoms with Gasteiger partial charge in [-0.1, -0.05) is 38.8 Å². The quantitative estimate of drug-likeness (QED) is 0.560. The van der Waals surface area contributed by atoms with Crippen molar-refractivity contribution in [3.8, 4) is 0 Å². The summed E-state index contributed by atoms with van der Waals surface area (Å²) in [4.78, 5) is 10.2. The fourth-order valence-electron chi connectivity index (χ4n) is 2.14. The Morgan fingerprint density at radius 1 is 1.37 bits per heavy atom. The van der Waals surface area contributed by atoms with Crippen LogP contribution in [0.15, 0.2) is 24.3 Å². The molecule has 0 spiro atoms. The molecule has 0 saturated carbocycles. The molecule has 5 heteroatoms. The van der Waals surface area contributed by atoms with Crippen molar-refractivity contribution in [2.75, 3.05) is 6.54 Å². The van der Waals surface area contributed by atoms with E-state index in [0.717, 1.165) is 18.4 Å². The van der Waals surface area contributed by atoms with Gasteiger partial charge in [0.2, 0.25) is 0 Å². The highest BCUT2D eigenvalue weighted by Crippen LogP contribution is 2.14. The molecule has 5 nitrogen and oxygen atoms in total. The fraction of sp³-hybridized carbons (Fsp3) is 0.571. The van der Waals surface area contributed by atoms with Gasteiger partial charge in [0.1, 0.15) is 0 Å². The van der Waals surface area contributed by atoms with Gasteiger partial charge in [-0.15, -0.1) is 0 Å². The number of hydrogen-bond acceptors (Lipinski definition) is 4. The lowest BCUT2D eigenvalue weighted by Crippen LogP contribution is -2.32. The number of nitrogens with one attached hydrogen (secondary N) is 1. The van der Waals surface area contributed by atoms with Gasteiger partial charge in [0, 0.05) is 25.2 Å². The smallest absolute Gasteiger partial charge is 0.269 e. The monoisotopic (exact) mass is 266 g/mol. The van der Waals surface area contributed by atoms with Crippen LogP contribution in [0.2, 0.25) is 0 Å². The van der Waals surface area contributed by atoms with Gasteiger partial charge in [0.25, 0.3) is 5.69 Å². The molecule has 1 aromatic rings. The van der Waals surface area contributed by atoms with Gasteiger partial charge in [-0.05, 0) is 11.5 Å². The molecule has 1 unspecified atom stereocenters. The van der Waals surface area contributed by atoms with Crippen molar-refractivity contribution in [3.63, 3.8) is 0 Å². The molecule has 0 aromatic heterocycles. The molecule has 2 N–H and O–H groups in total. The minimum atomic E-state index is -0.400. The lowest BCUT2D eigenvalue weighted by atomic mass is 9.96. The second kappa shape index (κ2) is 7.86. The Morgan fingerprint density at radius 2 is 2.05 bits per heavy atom. The van der Waals surface area contributed by atoms with Crippen LogP contribution >= 0.6 is 0 Å². The molecule has 0 saturated heterocycles. The fourth-order valence-corrected chi connectivity index (χ4v) is 2.14. The van der Waals surface area contributed by atoms with E-state index in [1.807, 2.05) is 6.07 Å². The minimum absolute atomic E-state index is 0.0971. The van der Waals surface area contributed by atoms with E-state index < -0.39 is 4.92 Å². The predicted molar refractivity (Wildman–Crippen MR) is 74.9 cm³/mol. The lowest BCUT2D eigenvalue weighted by molar-refractivity contribution is -0.384. The SMILES string of the molecule is CCC(CC)C(O)CNCc1cccc([N+](=O)[O-])c1. The summed E-state index contributed by atoms with van der Waals surface area (Å²) in [6.07, 6.45) is 1.54. The summed E-state index contributed by atoms with van der Waals surface area (Å²) < 4.78 is 0. The van der Waals surface area contributed by atoms with Crippen molar-refractivity contribution in [2.24, 2.45) is 5.92 Å². The maximum Gasteiger partial charge on any atom is 0.269 e. The highest BCUT2D eigenvalue weighted by molar-refractivity contribution is 5.34. The minimum Gasteiger partial charge on any atom is -0.392 e. The average molecular weight is 266 g/mol. The summed E-state index contributed by atoms with van der Waals surface area (Å²) >= 11 is 0. The van der Waals surface area contributed by atoms with Crippen LogP contribution in [0.1, 0.15) is 32.3 Å². The Morgan fingerprint density at radius 3 is 2.63 bits per heavy atom. The maximum absolute atomic E-state index is 10.6. The van der Waals surface area contributed by atoms with Crippen LogP contribution in [0.5, 0.6) is 0 Å². The molecule has 0 aliphatic rings. The number of aliphatic hydroxyl groups is 1. The van der Waals surface area contributed by atoms with Gasteiger partial charge in [-0.25, -0.2) is 0 Å². The van der Waals surface area contributed by atoms with Crippen LogP contribution in [0.3, 0.4) is 0 Å². The first kappa shape index (κ1) is 15.6. The summed E-state index contributed by atoms with van der Waals surface area (Å²) in [5, 5.41) is 23.8. The van der Waals surface area contributed by atoms with Crippen molar-refractivity contribution in [1.29, 1.82) is 0 Å². The van der Waals surface area contributed by atoms with Gasteiger partial charge in [-0.2, -0.15) is 0 Å². The number of hydrogen-bond donors (Lipinski definition) is 2. The van der Waals surface area contributed by atoms with Gasteiger partial charge in [0.05, 0.1) is 11.0 Å². The first-order valence-electron chi connectivity index (χ1n) is 6.70. The molecule has 0 fully saturated rings. The summed E-state index contributed by atoms with van der Waals surface area (Å²) in [6, 6.07) is 6.54. The van der Waals surface area contributed by atoms with E-state index in [1.54, 1.807) is 12.1 Å². The van der Waals surface area contributed by atoms with Crippen molar-refractivity contribution in [2.45, 2.75) is 39.3 Å². The Labute approximate surface area is 113 Å². The van der Waals surface area contributed by atoms with Crippen LogP contribution in [-0.4, -0.2) is 22.7 Å². The molecule has 1 atom stereocenters. The predicted octanol–water partition coefficient (Wildman–Crippen LogP) is 2.48. The topological polar surface area (TPSA) is 75.4 Å². The molecule has 106 valence electrons. The summed E-state index contributed by atoms with van der Waals surface area (Å²) in [6.45, 7) is 5.17. The van der Waals surface area contributed by atoms with Gasteiger partial charge >= 0.3 is 0 Å². The molecule has 0 aliphatic heterocycles. The highest BCUT2D eigenvalue weighted by Gasteiger charge is 2.14. The van der Waals surface area contributed by atoms with Crippen LogP contribution in [0, 0.1) is 16.0 Å². The molecule has 0 aliphatic carbocycles. The van der Waals surface area contributed by atoms with E-state index in [-0.39, 0.29) is 11.8 Å². The van der Waals surface area contributed by atoms with E-state index in [1.165, 1.54) is 6.07 Å². The number of benzene rings is 1. The highest BCUT2D eigenvalue weighted by atomic mass is 16.6. The third kappa shape index (κ3) is 4.96. The molecule has 0 bridgehead atoms. The molecule has 1 rings (SSSR count). The van der Waals surface area contributed by atoms with Gasteiger partial charge in [-0.3, -0.25) is 10.1 Å². The number of aliphatic hydroxyl groups excluding tert-OH is 1. The van der Waals surface area contributed by atoms with Crippen LogP contribution in [0.25, 0.3) is 0 Å². The Hall–Kier alpha value is -1.46. The zero-order valence-electron chi connectivity index (χ0n) is 11.5. The van der Waals surface area contributed by atoms with E-state index in [0.29, 0.717) is 19.0 Å². The second-order valence-corrected chi connectivity index (χ2v) is 4.70.